The Kier molecular flexibility index (Phi) is 2.77. The minimum Gasteiger partial charge on any atom is -0.480 e. The third-order valence-electron chi connectivity index (χ3n) is 2.59. The smallest absolute Gasteiger partial charge is 0.325 e. The molecule has 1 atom stereocenters. The molecule has 0 aromatic carbocycles. The van der Waals surface area contributed by atoms with E-state index in [1.165, 1.54) is 12.8 Å². The molecule has 0 bridgehead atoms. The maximum atomic E-state index is 10.7. The first-order valence-electron chi connectivity index (χ1n) is 5.41. The van der Waals surface area contributed by atoms with Crippen LogP contribution in [0, 0.1) is 6.92 Å². The Labute approximate surface area is 93.9 Å². The monoisotopic (exact) mass is 221 g/mol. The summed E-state index contributed by atoms with van der Waals surface area (Å²) in [4.78, 5) is 19.2. The molecule has 1 aromatic heterocycles. The zero-order valence-corrected chi connectivity index (χ0v) is 9.40. The number of hydrogen-bond donors (Lipinski definition) is 2. The molecule has 86 valence electrons. The molecule has 0 amide bonds. The van der Waals surface area contributed by atoms with Crippen LogP contribution >= 0.6 is 0 Å². The highest BCUT2D eigenvalue weighted by molar-refractivity contribution is 5.76. The fourth-order valence-electron chi connectivity index (χ4n) is 1.54. The van der Waals surface area contributed by atoms with Crippen LogP contribution in [0.5, 0.6) is 0 Å². The lowest BCUT2D eigenvalue weighted by molar-refractivity contribution is -0.137. The largest absolute Gasteiger partial charge is 0.480 e. The summed E-state index contributed by atoms with van der Waals surface area (Å²) in [5.74, 6) is 0.945. The maximum Gasteiger partial charge on any atom is 0.325 e. The van der Waals surface area contributed by atoms with Crippen LogP contribution < -0.4 is 5.32 Å². The average molecular weight is 221 g/mol. The van der Waals surface area contributed by atoms with Gasteiger partial charge in [-0.15, -0.1) is 0 Å². The minimum absolute atomic E-state index is 0.544. The predicted molar refractivity (Wildman–Crippen MR) is 59.5 cm³/mol. The SMILES string of the molecule is Cc1nc(NC(C)C(=O)O)cc(C2CC2)n1. The summed E-state index contributed by atoms with van der Waals surface area (Å²) in [7, 11) is 0. The van der Waals surface area contributed by atoms with Crippen molar-refractivity contribution in [1.82, 2.24) is 9.97 Å². The number of aryl methyl sites for hydroxylation is 1. The van der Waals surface area contributed by atoms with Crippen LogP contribution in [0.1, 0.15) is 37.2 Å². The predicted octanol–water partition coefficient (Wildman–Crippen LogP) is 1.55. The number of nitrogens with one attached hydrogen (secondary N) is 1. The molecule has 1 aliphatic rings. The van der Waals surface area contributed by atoms with Crippen molar-refractivity contribution < 1.29 is 9.90 Å². The van der Waals surface area contributed by atoms with Crippen LogP contribution in [0.3, 0.4) is 0 Å². The van der Waals surface area contributed by atoms with Gasteiger partial charge in [-0.1, -0.05) is 0 Å². The van der Waals surface area contributed by atoms with E-state index in [4.69, 9.17) is 5.11 Å². The molecule has 0 saturated heterocycles. The second kappa shape index (κ2) is 4.08. The first-order chi connectivity index (χ1) is 7.56. The van der Waals surface area contributed by atoms with Gasteiger partial charge in [0, 0.05) is 17.7 Å². The van der Waals surface area contributed by atoms with E-state index in [1.54, 1.807) is 6.92 Å². The highest BCUT2D eigenvalue weighted by atomic mass is 16.4. The number of rotatable bonds is 4. The molecular formula is C11H15N3O2. The van der Waals surface area contributed by atoms with Gasteiger partial charge < -0.3 is 10.4 Å². The van der Waals surface area contributed by atoms with E-state index in [-0.39, 0.29) is 0 Å². The fourth-order valence-corrected chi connectivity index (χ4v) is 1.54. The Balaban J connectivity index is 2.16. The zero-order chi connectivity index (χ0) is 11.7. The van der Waals surface area contributed by atoms with Crippen LogP contribution in [-0.4, -0.2) is 27.1 Å². The Hall–Kier alpha value is -1.65. The van der Waals surface area contributed by atoms with Gasteiger partial charge in [0.05, 0.1) is 0 Å². The van der Waals surface area contributed by atoms with Gasteiger partial charge in [0.15, 0.2) is 0 Å². The van der Waals surface area contributed by atoms with E-state index in [0.29, 0.717) is 17.6 Å². The normalized spacial score (nSPS) is 16.9. The van der Waals surface area contributed by atoms with Crippen molar-refractivity contribution >= 4 is 11.8 Å². The number of aliphatic carboxylic acids is 1. The summed E-state index contributed by atoms with van der Waals surface area (Å²) in [6.45, 7) is 3.42. The molecule has 0 aliphatic heterocycles. The van der Waals surface area contributed by atoms with Gasteiger partial charge in [0.2, 0.25) is 0 Å². The van der Waals surface area contributed by atoms with Gasteiger partial charge in [-0.2, -0.15) is 0 Å². The van der Waals surface area contributed by atoms with Gasteiger partial charge in [-0.3, -0.25) is 4.79 Å². The summed E-state index contributed by atoms with van der Waals surface area (Å²) in [5, 5.41) is 11.7. The summed E-state index contributed by atoms with van der Waals surface area (Å²) in [6.07, 6.45) is 2.34. The van der Waals surface area contributed by atoms with Crippen molar-refractivity contribution in [1.29, 1.82) is 0 Å². The lowest BCUT2D eigenvalue weighted by atomic mass is 10.2. The number of anilines is 1. The topological polar surface area (TPSA) is 75.1 Å². The van der Waals surface area contributed by atoms with Crippen molar-refractivity contribution in [3.8, 4) is 0 Å². The van der Waals surface area contributed by atoms with Gasteiger partial charge in [-0.25, -0.2) is 9.97 Å². The van der Waals surface area contributed by atoms with Gasteiger partial charge >= 0.3 is 5.97 Å². The molecule has 1 heterocycles. The molecular weight excluding hydrogens is 206 g/mol. The van der Waals surface area contributed by atoms with Crippen molar-refractivity contribution in [2.24, 2.45) is 0 Å². The van der Waals surface area contributed by atoms with E-state index in [1.807, 2.05) is 13.0 Å². The first-order valence-corrected chi connectivity index (χ1v) is 5.41. The second-order valence-corrected chi connectivity index (χ2v) is 4.20. The molecule has 2 rings (SSSR count). The van der Waals surface area contributed by atoms with Gasteiger partial charge in [0.25, 0.3) is 0 Å². The van der Waals surface area contributed by atoms with E-state index in [0.717, 1.165) is 5.69 Å². The molecule has 5 heteroatoms. The van der Waals surface area contributed by atoms with Crippen LogP contribution in [0.25, 0.3) is 0 Å². The molecule has 16 heavy (non-hydrogen) atoms. The van der Waals surface area contributed by atoms with Crippen LogP contribution in [0.4, 0.5) is 5.82 Å². The van der Waals surface area contributed by atoms with E-state index in [9.17, 15) is 4.79 Å². The Morgan fingerprint density at radius 3 is 2.81 bits per heavy atom. The van der Waals surface area contributed by atoms with Crippen molar-refractivity contribution in [3.05, 3.63) is 17.6 Å². The Morgan fingerprint density at radius 1 is 1.56 bits per heavy atom. The highest BCUT2D eigenvalue weighted by Gasteiger charge is 2.26. The summed E-state index contributed by atoms with van der Waals surface area (Å²) >= 11 is 0. The maximum absolute atomic E-state index is 10.7. The molecule has 1 aromatic rings. The summed E-state index contributed by atoms with van der Waals surface area (Å²) in [6, 6.07) is 1.21. The third kappa shape index (κ3) is 2.48. The highest BCUT2D eigenvalue weighted by Crippen LogP contribution is 2.39. The Bertz CT molecular complexity index is 416. The van der Waals surface area contributed by atoms with E-state index >= 15 is 0 Å². The lowest BCUT2D eigenvalue weighted by Gasteiger charge is -2.11. The zero-order valence-electron chi connectivity index (χ0n) is 9.40. The molecule has 5 nitrogen and oxygen atoms in total. The quantitative estimate of drug-likeness (QED) is 0.806. The molecule has 0 radical (unpaired) electrons. The molecule has 1 saturated carbocycles. The van der Waals surface area contributed by atoms with E-state index in [2.05, 4.69) is 15.3 Å². The number of nitrogens with zero attached hydrogens (tertiary/aromatic N) is 2. The average Bonchev–Trinajstić information content (AvgIpc) is 2.99. The number of hydrogen-bond acceptors (Lipinski definition) is 4. The molecule has 2 N–H and O–H groups in total. The lowest BCUT2D eigenvalue weighted by Crippen LogP contribution is -2.26. The van der Waals surface area contributed by atoms with Gasteiger partial charge in [0.1, 0.15) is 17.7 Å². The summed E-state index contributed by atoms with van der Waals surface area (Å²) in [5.41, 5.74) is 1.02. The standard InChI is InChI=1S/C11H15N3O2/c1-6(11(15)16)12-10-5-9(8-3-4-8)13-7(2)14-10/h5-6,8H,3-4H2,1-2H3,(H,15,16)(H,12,13,14). The number of aromatic nitrogens is 2. The minimum atomic E-state index is -0.885. The number of carboxylic acids is 1. The Morgan fingerprint density at radius 2 is 2.25 bits per heavy atom. The fraction of sp³-hybridized carbons (Fsp3) is 0.545. The third-order valence-corrected chi connectivity index (χ3v) is 2.59. The second-order valence-electron chi connectivity index (χ2n) is 4.20. The first kappa shape index (κ1) is 10.9. The van der Waals surface area contributed by atoms with Crippen molar-refractivity contribution in [2.45, 2.75) is 38.6 Å². The van der Waals surface area contributed by atoms with E-state index < -0.39 is 12.0 Å². The van der Waals surface area contributed by atoms with Gasteiger partial charge in [-0.05, 0) is 26.7 Å². The van der Waals surface area contributed by atoms with Crippen LogP contribution in [0.2, 0.25) is 0 Å². The molecule has 1 aliphatic carbocycles. The van der Waals surface area contributed by atoms with Crippen molar-refractivity contribution in [3.63, 3.8) is 0 Å². The number of carbonyl (C=O) groups is 1. The van der Waals surface area contributed by atoms with Crippen LogP contribution in [0.15, 0.2) is 6.07 Å². The molecule has 1 unspecified atom stereocenters. The number of carboxylic acid groups (broad SMARTS) is 1. The molecule has 1 fully saturated rings. The summed E-state index contributed by atoms with van der Waals surface area (Å²) < 4.78 is 0. The van der Waals surface area contributed by atoms with Crippen LogP contribution in [-0.2, 0) is 4.79 Å². The van der Waals surface area contributed by atoms with Crippen molar-refractivity contribution in [2.75, 3.05) is 5.32 Å². The molecule has 0 spiro atoms.